The van der Waals surface area contributed by atoms with Crippen LogP contribution in [-0.2, 0) is 18.9 Å². The number of phenolic OH excluding ortho intramolecular Hbond substituents is 3. The van der Waals surface area contributed by atoms with Crippen LogP contribution in [0.1, 0.15) is 13.8 Å². The van der Waals surface area contributed by atoms with Gasteiger partial charge < -0.3 is 94.1 Å². The maximum atomic E-state index is 14.0. The summed E-state index contributed by atoms with van der Waals surface area (Å²) in [6.07, 6.45) is -24.0. The Morgan fingerprint density at radius 2 is 1.17 bits per heavy atom. The molecule has 0 saturated carbocycles. The maximum Gasteiger partial charge on any atom is 0.239 e. The quantitative estimate of drug-likeness (QED) is 0.101. The summed E-state index contributed by atoms with van der Waals surface area (Å²) in [5, 5.41) is 124. The van der Waals surface area contributed by atoms with Gasteiger partial charge in [-0.1, -0.05) is 0 Å². The number of phenols is 3. The second-order valence-electron chi connectivity index (χ2n) is 13.1. The second kappa shape index (κ2) is 15.1. The largest absolute Gasteiger partial charge is 0.507 e. The summed E-state index contributed by atoms with van der Waals surface area (Å²) >= 11 is 0. The van der Waals surface area contributed by atoms with E-state index >= 15 is 0 Å². The van der Waals surface area contributed by atoms with Gasteiger partial charge in [0.05, 0.1) is 18.8 Å². The van der Waals surface area contributed by atoms with E-state index in [-0.39, 0.29) is 16.9 Å². The summed E-state index contributed by atoms with van der Waals surface area (Å²) in [6, 6.07) is 5.31. The molecule has 3 fully saturated rings. The van der Waals surface area contributed by atoms with Crippen LogP contribution in [0.4, 0.5) is 0 Å². The average molecular weight is 757 g/mol. The number of ether oxygens (including phenoxy) is 6. The van der Waals surface area contributed by atoms with E-state index in [4.69, 9.17) is 32.8 Å². The van der Waals surface area contributed by atoms with E-state index in [9.17, 15) is 66.1 Å². The Kier molecular flexibility index (Phi) is 11.1. The number of aliphatic hydroxyl groups is 9. The van der Waals surface area contributed by atoms with Crippen molar-refractivity contribution in [1.82, 2.24) is 0 Å². The number of benzene rings is 2. The molecule has 292 valence electrons. The first kappa shape index (κ1) is 38.8. The fourth-order valence-electron chi connectivity index (χ4n) is 6.14. The monoisotopic (exact) mass is 756 g/mol. The first-order chi connectivity index (χ1) is 25.0. The van der Waals surface area contributed by atoms with E-state index in [1.165, 1.54) is 19.9 Å². The van der Waals surface area contributed by atoms with E-state index in [1.54, 1.807) is 0 Å². The third kappa shape index (κ3) is 7.34. The zero-order valence-electron chi connectivity index (χ0n) is 27.9. The molecule has 1 aromatic heterocycles. The molecule has 2 aromatic carbocycles. The Labute approximate surface area is 298 Å². The van der Waals surface area contributed by atoms with Gasteiger partial charge in [0.2, 0.25) is 23.8 Å². The molecule has 0 radical (unpaired) electrons. The Morgan fingerprint density at radius 1 is 0.604 bits per heavy atom. The molecule has 3 aliphatic heterocycles. The topological polar surface area (TPSA) is 328 Å². The van der Waals surface area contributed by atoms with Gasteiger partial charge in [-0.05, 0) is 32.0 Å². The average Bonchev–Trinajstić information content (AvgIpc) is 3.12. The first-order valence-corrected chi connectivity index (χ1v) is 16.4. The molecule has 3 aliphatic rings. The Bertz CT molecular complexity index is 1830. The van der Waals surface area contributed by atoms with Gasteiger partial charge in [0, 0.05) is 17.7 Å². The lowest BCUT2D eigenvalue weighted by molar-refractivity contribution is -0.318. The first-order valence-electron chi connectivity index (χ1n) is 16.4. The molecule has 20 nitrogen and oxygen atoms in total. The van der Waals surface area contributed by atoms with Crippen molar-refractivity contribution in [2.45, 2.75) is 106 Å². The van der Waals surface area contributed by atoms with Crippen LogP contribution in [0.25, 0.3) is 22.3 Å². The minimum absolute atomic E-state index is 0.0962. The number of aromatic hydroxyl groups is 3. The van der Waals surface area contributed by atoms with E-state index in [0.29, 0.717) is 0 Å². The van der Waals surface area contributed by atoms with Gasteiger partial charge in [0.25, 0.3) is 0 Å². The van der Waals surface area contributed by atoms with Gasteiger partial charge >= 0.3 is 0 Å². The van der Waals surface area contributed by atoms with Crippen LogP contribution in [0.5, 0.6) is 28.7 Å². The lowest BCUT2D eigenvalue weighted by Gasteiger charge is -2.42. The van der Waals surface area contributed by atoms with Crippen molar-refractivity contribution >= 4 is 11.0 Å². The highest BCUT2D eigenvalue weighted by molar-refractivity contribution is 5.88. The Balaban J connectivity index is 1.34. The molecule has 15 atom stereocenters. The highest BCUT2D eigenvalue weighted by atomic mass is 16.7. The summed E-state index contributed by atoms with van der Waals surface area (Å²) in [4.78, 5) is 14.0. The molecule has 0 unspecified atom stereocenters. The van der Waals surface area contributed by atoms with Crippen molar-refractivity contribution in [2.75, 3.05) is 6.61 Å². The van der Waals surface area contributed by atoms with Gasteiger partial charge in [-0.2, -0.15) is 0 Å². The molecule has 0 spiro atoms. The summed E-state index contributed by atoms with van der Waals surface area (Å²) in [5.41, 5.74) is -1.55. The van der Waals surface area contributed by atoms with Crippen LogP contribution in [0.3, 0.4) is 0 Å². The fraction of sp³-hybridized carbons (Fsp3) is 0.545. The third-order valence-corrected chi connectivity index (χ3v) is 9.34. The van der Waals surface area contributed by atoms with E-state index in [0.717, 1.165) is 24.3 Å². The highest BCUT2D eigenvalue weighted by Gasteiger charge is 2.48. The molecule has 12 N–H and O–H groups in total. The van der Waals surface area contributed by atoms with Gasteiger partial charge in [0.15, 0.2) is 23.5 Å². The lowest BCUT2D eigenvalue weighted by Crippen LogP contribution is -2.61. The van der Waals surface area contributed by atoms with Crippen molar-refractivity contribution in [3.63, 3.8) is 0 Å². The molecule has 20 heteroatoms. The third-order valence-electron chi connectivity index (χ3n) is 9.34. The van der Waals surface area contributed by atoms with Crippen molar-refractivity contribution in [2.24, 2.45) is 0 Å². The molecule has 3 saturated heterocycles. The predicted octanol–water partition coefficient (Wildman–Crippen LogP) is -3.19. The summed E-state index contributed by atoms with van der Waals surface area (Å²) in [7, 11) is 0. The molecule has 3 aromatic rings. The van der Waals surface area contributed by atoms with Gasteiger partial charge in [-0.15, -0.1) is 0 Å². The predicted molar refractivity (Wildman–Crippen MR) is 172 cm³/mol. The number of hydrogen-bond acceptors (Lipinski definition) is 20. The standard InChI is InChI=1S/C33H40O20/c1-9-19(37)23(41)26(44)31(48-9)47-8-17-21(39)25(43)28(46)33(52-17)53-30-22(40)18-15(36)6-12(50-32-27(45)24(42)20(38)10(2)49-32)7-16(18)51-29(30)11-3-4-13(34)14(35)5-11/h3-7,9-10,17,19-21,23-28,31-39,41-46H,8H2,1-2H3/t9-,10+,17-,19+,20+,21+,23+,24+,25+,26-,27-,28-,31-,32+,33+/m1/s1. The van der Waals surface area contributed by atoms with E-state index in [1.807, 2.05) is 0 Å². The summed E-state index contributed by atoms with van der Waals surface area (Å²) in [5.74, 6) is -3.42. The zero-order chi connectivity index (χ0) is 38.6. The van der Waals surface area contributed by atoms with E-state index in [2.05, 4.69) is 0 Å². The van der Waals surface area contributed by atoms with Crippen LogP contribution in [0, 0.1) is 0 Å². The molecule has 0 bridgehead atoms. The molecule has 0 aliphatic carbocycles. The van der Waals surface area contributed by atoms with Crippen molar-refractivity contribution in [1.29, 1.82) is 0 Å². The molecule has 53 heavy (non-hydrogen) atoms. The smallest absolute Gasteiger partial charge is 0.239 e. The van der Waals surface area contributed by atoms with Gasteiger partial charge in [-0.3, -0.25) is 4.79 Å². The van der Waals surface area contributed by atoms with Gasteiger partial charge in [-0.25, -0.2) is 0 Å². The normalized spacial score (nSPS) is 37.8. The number of rotatable bonds is 8. The Hall–Kier alpha value is -3.87. The summed E-state index contributed by atoms with van der Waals surface area (Å²) < 4.78 is 39.3. The molecule has 0 amide bonds. The minimum Gasteiger partial charge on any atom is -0.507 e. The lowest BCUT2D eigenvalue weighted by atomic mass is 9.98. The van der Waals surface area contributed by atoms with E-state index < -0.39 is 138 Å². The second-order valence-corrected chi connectivity index (χ2v) is 13.1. The van der Waals surface area contributed by atoms with Crippen LogP contribution < -0.4 is 14.9 Å². The van der Waals surface area contributed by atoms with Gasteiger partial charge in [0.1, 0.15) is 83.5 Å². The molecule has 4 heterocycles. The number of aliphatic hydroxyl groups excluding tert-OH is 9. The molecular formula is C33H40O20. The Morgan fingerprint density at radius 3 is 1.79 bits per heavy atom. The summed E-state index contributed by atoms with van der Waals surface area (Å²) in [6.45, 7) is 2.18. The maximum absolute atomic E-state index is 14.0. The molecule has 6 rings (SSSR count). The van der Waals surface area contributed by atoms with Crippen molar-refractivity contribution in [3.05, 3.63) is 40.6 Å². The number of hydrogen-bond donors (Lipinski definition) is 12. The SMILES string of the molecule is C[C@@H]1O[C@@H](Oc2cc(O)c3c(=O)c(O[C@@H]4O[C@H](CO[C@@H]5O[C@H](C)[C@H](O)[C@H](O)[C@H]5O)[C@H](O)[C@H](O)[C@H]4O)c(-c4ccc(O)c(O)c4)oc3c2)[C@H](O)[C@@H](O)[C@H]1O. The molecular weight excluding hydrogens is 716 g/mol. The van der Waals surface area contributed by atoms with Crippen molar-refractivity contribution in [3.8, 4) is 40.1 Å². The van der Waals surface area contributed by atoms with Crippen LogP contribution in [-0.4, -0.2) is 160 Å². The van der Waals surface area contributed by atoms with Crippen molar-refractivity contribution < 1.29 is 94.1 Å². The van der Waals surface area contributed by atoms with Crippen LogP contribution in [0.15, 0.2) is 39.5 Å². The minimum atomic E-state index is -2.03. The number of fused-ring (bicyclic) bond motifs is 1. The van der Waals surface area contributed by atoms with Crippen LogP contribution in [0.2, 0.25) is 0 Å². The van der Waals surface area contributed by atoms with Crippen LogP contribution >= 0.6 is 0 Å². The fourth-order valence-corrected chi connectivity index (χ4v) is 6.14. The zero-order valence-corrected chi connectivity index (χ0v) is 27.9. The highest BCUT2D eigenvalue weighted by Crippen LogP contribution is 2.40.